The van der Waals surface area contributed by atoms with Gasteiger partial charge in [0.05, 0.1) is 29.5 Å². The molecule has 29 heavy (non-hydrogen) atoms. The number of nitrogens with one attached hydrogen (secondary N) is 1. The second-order valence-electron chi connectivity index (χ2n) is 6.53. The molecule has 0 saturated heterocycles. The van der Waals surface area contributed by atoms with Gasteiger partial charge in [0.2, 0.25) is 0 Å². The average Bonchev–Trinajstić information content (AvgIpc) is 3.32. The predicted octanol–water partition coefficient (Wildman–Crippen LogP) is 3.44. The van der Waals surface area contributed by atoms with Gasteiger partial charge in [-0.2, -0.15) is 5.10 Å². The Morgan fingerprint density at radius 2 is 1.97 bits per heavy atom. The fourth-order valence-electron chi connectivity index (χ4n) is 3.15. The van der Waals surface area contributed by atoms with Gasteiger partial charge in [0.15, 0.2) is 0 Å². The zero-order valence-electron chi connectivity index (χ0n) is 15.9. The zero-order valence-corrected chi connectivity index (χ0v) is 15.9. The number of para-hydroxylation sites is 2. The number of aromatic nitrogens is 3. The Morgan fingerprint density at radius 3 is 2.69 bits per heavy atom. The van der Waals surface area contributed by atoms with E-state index in [2.05, 4.69) is 16.4 Å². The van der Waals surface area contributed by atoms with Crippen LogP contribution in [0, 0.1) is 12.3 Å². The normalized spacial score (nSPS) is 11.0. The zero-order chi connectivity index (χ0) is 20.2. The van der Waals surface area contributed by atoms with Crippen molar-refractivity contribution in [3.8, 4) is 23.7 Å². The summed E-state index contributed by atoms with van der Waals surface area (Å²) in [7, 11) is 1.91. The maximum atomic E-state index is 12.3. The van der Waals surface area contributed by atoms with Crippen LogP contribution in [0.3, 0.4) is 0 Å². The molecule has 6 nitrogen and oxygen atoms in total. The molecule has 4 rings (SSSR count). The second kappa shape index (κ2) is 7.87. The van der Waals surface area contributed by atoms with E-state index in [4.69, 9.17) is 11.4 Å². The third kappa shape index (κ3) is 3.66. The van der Waals surface area contributed by atoms with Gasteiger partial charge in [-0.3, -0.25) is 4.79 Å². The van der Waals surface area contributed by atoms with Gasteiger partial charge >= 0.3 is 0 Å². The highest BCUT2D eigenvalue weighted by molar-refractivity contribution is 5.95. The SMILES string of the molecule is C#CCn1c(-c2ccc(C(=O)N/N=C/c3cccn3C)cc2)nc2ccccc21. The van der Waals surface area contributed by atoms with Crippen LogP contribution in [0.25, 0.3) is 22.4 Å². The fourth-order valence-corrected chi connectivity index (χ4v) is 3.15. The summed E-state index contributed by atoms with van der Waals surface area (Å²) in [6.45, 7) is 0.423. The fraction of sp³-hybridized carbons (Fsp3) is 0.0870. The molecule has 0 aliphatic heterocycles. The first-order chi connectivity index (χ1) is 14.2. The van der Waals surface area contributed by atoms with Crippen molar-refractivity contribution in [3.63, 3.8) is 0 Å². The van der Waals surface area contributed by atoms with Crippen molar-refractivity contribution < 1.29 is 4.79 Å². The van der Waals surface area contributed by atoms with Crippen molar-refractivity contribution in [1.29, 1.82) is 0 Å². The van der Waals surface area contributed by atoms with Crippen molar-refractivity contribution >= 4 is 23.2 Å². The molecule has 0 bridgehead atoms. The van der Waals surface area contributed by atoms with Gasteiger partial charge in [-0.15, -0.1) is 6.42 Å². The molecule has 0 fully saturated rings. The van der Waals surface area contributed by atoms with E-state index in [-0.39, 0.29) is 5.91 Å². The van der Waals surface area contributed by atoms with E-state index in [9.17, 15) is 4.79 Å². The summed E-state index contributed by atoms with van der Waals surface area (Å²) in [6, 6.07) is 18.9. The minimum atomic E-state index is -0.279. The van der Waals surface area contributed by atoms with Gasteiger partial charge in [0.25, 0.3) is 5.91 Å². The summed E-state index contributed by atoms with van der Waals surface area (Å²) in [5.41, 5.74) is 6.71. The molecular weight excluding hydrogens is 362 g/mol. The number of nitrogens with zero attached hydrogens (tertiary/aromatic N) is 4. The number of amides is 1. The lowest BCUT2D eigenvalue weighted by molar-refractivity contribution is 0.0955. The van der Waals surface area contributed by atoms with Crippen LogP contribution in [0.2, 0.25) is 0 Å². The van der Waals surface area contributed by atoms with E-state index in [1.165, 1.54) is 0 Å². The Morgan fingerprint density at radius 1 is 1.17 bits per heavy atom. The van der Waals surface area contributed by atoms with Gasteiger partial charge in [0.1, 0.15) is 5.82 Å². The van der Waals surface area contributed by atoms with Crippen LogP contribution < -0.4 is 5.43 Å². The highest BCUT2D eigenvalue weighted by atomic mass is 16.2. The summed E-state index contributed by atoms with van der Waals surface area (Å²) >= 11 is 0. The van der Waals surface area contributed by atoms with E-state index in [1.807, 2.05) is 70.9 Å². The number of aryl methyl sites for hydroxylation is 1. The smallest absolute Gasteiger partial charge is 0.271 e. The molecular formula is C23H19N5O. The molecule has 0 aliphatic rings. The maximum Gasteiger partial charge on any atom is 0.271 e. The monoisotopic (exact) mass is 381 g/mol. The number of terminal acetylenes is 1. The molecule has 0 unspecified atom stereocenters. The van der Waals surface area contributed by atoms with Crippen LogP contribution in [0.5, 0.6) is 0 Å². The number of hydrazone groups is 1. The van der Waals surface area contributed by atoms with Crippen molar-refractivity contribution in [3.05, 3.63) is 78.1 Å². The summed E-state index contributed by atoms with van der Waals surface area (Å²) in [5, 5.41) is 4.01. The third-order valence-corrected chi connectivity index (χ3v) is 4.66. The van der Waals surface area contributed by atoms with Crippen molar-refractivity contribution in [1.82, 2.24) is 19.5 Å². The van der Waals surface area contributed by atoms with E-state index in [0.717, 1.165) is 28.1 Å². The quantitative estimate of drug-likeness (QED) is 0.327. The molecule has 2 aromatic heterocycles. The number of carbonyl (C=O) groups is 1. The molecule has 2 heterocycles. The predicted molar refractivity (Wildman–Crippen MR) is 114 cm³/mol. The molecule has 142 valence electrons. The number of imidazole rings is 1. The topological polar surface area (TPSA) is 64.2 Å². The molecule has 2 aromatic carbocycles. The summed E-state index contributed by atoms with van der Waals surface area (Å²) < 4.78 is 3.90. The van der Waals surface area contributed by atoms with Gasteiger partial charge < -0.3 is 9.13 Å². The minimum absolute atomic E-state index is 0.279. The van der Waals surface area contributed by atoms with Gasteiger partial charge in [0, 0.05) is 24.4 Å². The van der Waals surface area contributed by atoms with Crippen LogP contribution in [-0.4, -0.2) is 26.2 Å². The Labute approximate surface area is 168 Å². The lowest BCUT2D eigenvalue weighted by Crippen LogP contribution is -2.17. The molecule has 0 radical (unpaired) electrons. The summed E-state index contributed by atoms with van der Waals surface area (Å²) in [5.74, 6) is 3.18. The van der Waals surface area contributed by atoms with E-state index in [0.29, 0.717) is 12.1 Å². The van der Waals surface area contributed by atoms with E-state index < -0.39 is 0 Å². The minimum Gasteiger partial charge on any atom is -0.350 e. The molecule has 6 heteroatoms. The first kappa shape index (κ1) is 18.3. The van der Waals surface area contributed by atoms with Crippen LogP contribution in [0.15, 0.2) is 72.0 Å². The lowest BCUT2D eigenvalue weighted by atomic mass is 10.1. The molecule has 1 amide bonds. The first-order valence-corrected chi connectivity index (χ1v) is 9.11. The highest BCUT2D eigenvalue weighted by Crippen LogP contribution is 2.25. The standard InChI is InChI=1S/C23H19N5O/c1-3-14-28-21-9-5-4-8-20(21)25-22(28)17-10-12-18(13-11-17)23(29)26-24-16-19-7-6-15-27(19)2/h1,4-13,15-16H,14H2,2H3,(H,26,29)/b24-16+. The Hall–Kier alpha value is -4.11. The molecule has 0 saturated carbocycles. The second-order valence-corrected chi connectivity index (χ2v) is 6.53. The van der Waals surface area contributed by atoms with E-state index in [1.54, 1.807) is 18.3 Å². The number of benzene rings is 2. The number of carbonyl (C=O) groups excluding carboxylic acids is 1. The number of hydrogen-bond donors (Lipinski definition) is 1. The van der Waals surface area contributed by atoms with Crippen LogP contribution in [-0.2, 0) is 13.6 Å². The Bertz CT molecular complexity index is 1240. The number of fused-ring (bicyclic) bond motifs is 1. The largest absolute Gasteiger partial charge is 0.350 e. The molecule has 4 aromatic rings. The van der Waals surface area contributed by atoms with Crippen LogP contribution in [0.4, 0.5) is 0 Å². The molecule has 1 N–H and O–H groups in total. The van der Waals surface area contributed by atoms with E-state index >= 15 is 0 Å². The van der Waals surface area contributed by atoms with Gasteiger partial charge in [-0.1, -0.05) is 30.2 Å². The number of rotatable bonds is 5. The van der Waals surface area contributed by atoms with Crippen molar-refractivity contribution in [2.24, 2.45) is 12.1 Å². The van der Waals surface area contributed by atoms with Crippen molar-refractivity contribution in [2.45, 2.75) is 6.54 Å². The third-order valence-electron chi connectivity index (χ3n) is 4.66. The average molecular weight is 381 g/mol. The lowest BCUT2D eigenvalue weighted by Gasteiger charge is -2.06. The van der Waals surface area contributed by atoms with Crippen LogP contribution >= 0.6 is 0 Å². The van der Waals surface area contributed by atoms with Gasteiger partial charge in [-0.25, -0.2) is 10.4 Å². The van der Waals surface area contributed by atoms with Gasteiger partial charge in [-0.05, 0) is 36.4 Å². The Balaban J connectivity index is 1.55. The summed E-state index contributed by atoms with van der Waals surface area (Å²) in [4.78, 5) is 17.0. The van der Waals surface area contributed by atoms with Crippen molar-refractivity contribution in [2.75, 3.05) is 0 Å². The highest BCUT2D eigenvalue weighted by Gasteiger charge is 2.12. The summed E-state index contributed by atoms with van der Waals surface area (Å²) in [6.07, 6.45) is 9.06. The molecule has 0 atom stereocenters. The van der Waals surface area contributed by atoms with Crippen LogP contribution in [0.1, 0.15) is 16.1 Å². The first-order valence-electron chi connectivity index (χ1n) is 9.11. The number of hydrogen-bond acceptors (Lipinski definition) is 3. The Kier molecular flexibility index (Phi) is 4.95. The molecule has 0 spiro atoms. The molecule has 0 aliphatic carbocycles. The maximum absolute atomic E-state index is 12.3.